The topological polar surface area (TPSA) is 141 Å². The number of nitrogens with one attached hydrogen (secondary N) is 3. The van der Waals surface area contributed by atoms with Crippen molar-refractivity contribution < 1.29 is 28.8 Å². The fourth-order valence-corrected chi connectivity index (χ4v) is 5.07. The molecule has 3 atom stereocenters. The second kappa shape index (κ2) is 15.5. The number of hydroxylamine groups is 1. The number of rotatable bonds is 13. The van der Waals surface area contributed by atoms with Gasteiger partial charge in [-0.05, 0) is 46.7 Å². The first kappa shape index (κ1) is 34.3. The van der Waals surface area contributed by atoms with Crippen LogP contribution in [0.5, 0.6) is 0 Å². The van der Waals surface area contributed by atoms with Crippen LogP contribution < -0.4 is 16.1 Å². The van der Waals surface area contributed by atoms with Gasteiger partial charge in [0.2, 0.25) is 11.8 Å². The minimum absolute atomic E-state index is 0.0279. The Kier molecular flexibility index (Phi) is 12.1. The highest BCUT2D eigenvalue weighted by molar-refractivity contribution is 7.07. The summed E-state index contributed by atoms with van der Waals surface area (Å²) < 4.78 is 13.6. The summed E-state index contributed by atoms with van der Waals surface area (Å²) in [6, 6.07) is 10.6. The van der Waals surface area contributed by atoms with E-state index in [0.717, 1.165) is 5.56 Å². The van der Waals surface area contributed by atoms with Gasteiger partial charge >= 0.3 is 0 Å². The molecule has 12 heteroatoms. The average molecular weight is 626 g/mol. The number of carbonyl (C=O) groups is 4. The van der Waals surface area contributed by atoms with Gasteiger partial charge in [0.1, 0.15) is 24.4 Å². The van der Waals surface area contributed by atoms with Crippen molar-refractivity contribution in [1.82, 2.24) is 26.0 Å². The molecule has 4 N–H and O–H groups in total. The van der Waals surface area contributed by atoms with E-state index in [1.165, 1.54) is 28.4 Å². The van der Waals surface area contributed by atoms with Crippen LogP contribution in [0.3, 0.4) is 0 Å². The molecule has 44 heavy (non-hydrogen) atoms. The average Bonchev–Trinajstić information content (AvgIpc) is 3.52. The fraction of sp³-hybridized carbons (Fsp3) is 0.406. The second-order valence-corrected chi connectivity index (χ2v) is 12.5. The molecule has 4 amide bonds. The van der Waals surface area contributed by atoms with Crippen molar-refractivity contribution in [2.24, 2.45) is 5.92 Å². The van der Waals surface area contributed by atoms with Crippen LogP contribution in [-0.4, -0.2) is 57.3 Å². The maximum atomic E-state index is 13.6. The largest absolute Gasteiger partial charge is 0.343 e. The lowest BCUT2D eigenvalue weighted by atomic mass is 9.86. The number of halogens is 1. The highest BCUT2D eigenvalue weighted by Crippen LogP contribution is 2.23. The van der Waals surface area contributed by atoms with Gasteiger partial charge in [0, 0.05) is 23.9 Å². The van der Waals surface area contributed by atoms with Crippen molar-refractivity contribution in [3.63, 3.8) is 0 Å². The molecular formula is C32H40FN5O5S. The van der Waals surface area contributed by atoms with Gasteiger partial charge < -0.3 is 15.5 Å². The molecule has 0 saturated heterocycles. The van der Waals surface area contributed by atoms with E-state index in [-0.39, 0.29) is 30.8 Å². The van der Waals surface area contributed by atoms with Crippen molar-refractivity contribution in [3.05, 3.63) is 87.6 Å². The van der Waals surface area contributed by atoms with E-state index in [0.29, 0.717) is 23.2 Å². The van der Waals surface area contributed by atoms with Crippen molar-refractivity contribution in [2.45, 2.75) is 71.5 Å². The predicted octanol–water partition coefficient (Wildman–Crippen LogP) is 3.99. The number of aromatic nitrogens is 1. The number of nitrogens with zero attached hydrogens (tertiary/aromatic N) is 2. The molecule has 2 aromatic carbocycles. The standard InChI is InChI=1S/C32H40FN5O5S/c1-6-20(2)28(30(41)35-26(29(40)37-43)15-25-18-44-19-34-25)36-27(39)17-38(16-21-7-13-24(33)14-8-21)31(42)22-9-11-23(12-10-22)32(3,4)5/h7-14,18-20,26,28,43H,6,15-17H2,1-5H3,(H,35,41)(H,36,39)(H,37,40)/t20-,26-,28-/m0/s1. The Labute approximate surface area is 261 Å². The first-order valence-electron chi connectivity index (χ1n) is 14.4. The van der Waals surface area contributed by atoms with E-state index < -0.39 is 41.5 Å². The zero-order valence-electron chi connectivity index (χ0n) is 25.6. The molecule has 0 bridgehead atoms. The number of benzene rings is 2. The molecule has 3 rings (SSSR count). The van der Waals surface area contributed by atoms with Crippen LogP contribution >= 0.6 is 11.3 Å². The Bertz CT molecular complexity index is 1410. The highest BCUT2D eigenvalue weighted by atomic mass is 32.1. The summed E-state index contributed by atoms with van der Waals surface area (Å²) in [4.78, 5) is 58.3. The molecule has 0 unspecified atom stereocenters. The molecule has 0 fully saturated rings. The first-order chi connectivity index (χ1) is 20.8. The first-order valence-corrected chi connectivity index (χ1v) is 15.3. The Morgan fingerprint density at radius 3 is 2.20 bits per heavy atom. The molecule has 0 spiro atoms. The van der Waals surface area contributed by atoms with Gasteiger partial charge in [0.05, 0.1) is 11.2 Å². The van der Waals surface area contributed by atoms with Crippen molar-refractivity contribution >= 4 is 35.0 Å². The van der Waals surface area contributed by atoms with Crippen molar-refractivity contribution in [3.8, 4) is 0 Å². The lowest BCUT2D eigenvalue weighted by Gasteiger charge is -2.28. The molecule has 0 aliphatic carbocycles. The summed E-state index contributed by atoms with van der Waals surface area (Å²) in [5, 5.41) is 16.3. The third-order valence-corrected chi connectivity index (χ3v) is 7.99. The number of hydrogen-bond acceptors (Lipinski definition) is 7. The van der Waals surface area contributed by atoms with E-state index >= 15 is 0 Å². The van der Waals surface area contributed by atoms with Crippen LogP contribution in [0.25, 0.3) is 0 Å². The van der Waals surface area contributed by atoms with E-state index in [2.05, 4.69) is 36.4 Å². The summed E-state index contributed by atoms with van der Waals surface area (Å²) in [6.45, 7) is 9.49. The molecule has 0 radical (unpaired) electrons. The van der Waals surface area contributed by atoms with Gasteiger partial charge in [-0.3, -0.25) is 24.4 Å². The predicted molar refractivity (Wildman–Crippen MR) is 165 cm³/mol. The fourth-order valence-electron chi connectivity index (χ4n) is 4.50. The number of thiazole rings is 1. The lowest BCUT2D eigenvalue weighted by molar-refractivity contribution is -0.136. The van der Waals surface area contributed by atoms with E-state index in [1.54, 1.807) is 47.6 Å². The minimum Gasteiger partial charge on any atom is -0.343 e. The molecule has 10 nitrogen and oxygen atoms in total. The molecule has 0 aliphatic heterocycles. The molecule has 1 aromatic heterocycles. The van der Waals surface area contributed by atoms with Crippen molar-refractivity contribution in [2.75, 3.05) is 6.54 Å². The quantitative estimate of drug-likeness (QED) is 0.167. The molecule has 0 aliphatic rings. The molecule has 1 heterocycles. The Morgan fingerprint density at radius 2 is 1.66 bits per heavy atom. The summed E-state index contributed by atoms with van der Waals surface area (Å²) in [5.74, 6) is -3.19. The highest BCUT2D eigenvalue weighted by Gasteiger charge is 2.31. The van der Waals surface area contributed by atoms with Crippen LogP contribution in [0.15, 0.2) is 59.4 Å². The number of amides is 4. The van der Waals surface area contributed by atoms with E-state index in [1.807, 2.05) is 19.1 Å². The number of carbonyl (C=O) groups excluding carboxylic acids is 4. The SMILES string of the molecule is CC[C@H](C)[C@H](NC(=O)CN(Cc1ccc(F)cc1)C(=O)c1ccc(C(C)(C)C)cc1)C(=O)N[C@@H](Cc1cscn1)C(=O)NO. The monoisotopic (exact) mass is 625 g/mol. The van der Waals surface area contributed by atoms with Gasteiger partial charge in [0.15, 0.2) is 0 Å². The van der Waals surface area contributed by atoms with Gasteiger partial charge in [-0.25, -0.2) is 14.9 Å². The van der Waals surface area contributed by atoms with Crippen LogP contribution in [0.4, 0.5) is 4.39 Å². The second-order valence-electron chi connectivity index (χ2n) is 11.8. The zero-order valence-corrected chi connectivity index (χ0v) is 26.4. The summed E-state index contributed by atoms with van der Waals surface area (Å²) in [7, 11) is 0. The molecule has 0 saturated carbocycles. The van der Waals surface area contributed by atoms with Crippen LogP contribution in [0, 0.1) is 11.7 Å². The van der Waals surface area contributed by atoms with Gasteiger partial charge in [-0.1, -0.05) is 65.3 Å². The normalized spacial score (nSPS) is 13.3. The lowest BCUT2D eigenvalue weighted by Crippen LogP contribution is -2.57. The Balaban J connectivity index is 1.81. The maximum Gasteiger partial charge on any atom is 0.266 e. The molecule has 3 aromatic rings. The van der Waals surface area contributed by atoms with Crippen LogP contribution in [-0.2, 0) is 32.8 Å². The summed E-state index contributed by atoms with van der Waals surface area (Å²) >= 11 is 1.33. The Morgan fingerprint density at radius 1 is 1.00 bits per heavy atom. The van der Waals surface area contributed by atoms with E-state index in [4.69, 9.17) is 0 Å². The van der Waals surface area contributed by atoms with Gasteiger partial charge in [-0.15, -0.1) is 11.3 Å². The Hall–Kier alpha value is -4.16. The smallest absolute Gasteiger partial charge is 0.266 e. The van der Waals surface area contributed by atoms with Crippen LogP contribution in [0.2, 0.25) is 0 Å². The third-order valence-electron chi connectivity index (χ3n) is 7.36. The van der Waals surface area contributed by atoms with Crippen molar-refractivity contribution in [1.29, 1.82) is 0 Å². The molecular weight excluding hydrogens is 585 g/mol. The zero-order chi connectivity index (χ0) is 32.4. The minimum atomic E-state index is -1.13. The van der Waals surface area contributed by atoms with Crippen LogP contribution in [0.1, 0.15) is 68.2 Å². The number of hydrogen-bond donors (Lipinski definition) is 4. The third kappa shape index (κ3) is 9.68. The van der Waals surface area contributed by atoms with E-state index in [9.17, 15) is 28.8 Å². The summed E-state index contributed by atoms with van der Waals surface area (Å²) in [5.41, 5.74) is 5.64. The summed E-state index contributed by atoms with van der Waals surface area (Å²) in [6.07, 6.45) is 0.566. The van der Waals surface area contributed by atoms with Gasteiger partial charge in [-0.2, -0.15) is 0 Å². The van der Waals surface area contributed by atoms with Gasteiger partial charge in [0.25, 0.3) is 11.8 Å². The maximum absolute atomic E-state index is 13.6. The molecule has 236 valence electrons.